The fourth-order valence-electron chi connectivity index (χ4n) is 2.30. The summed E-state index contributed by atoms with van der Waals surface area (Å²) in [6.45, 7) is 8.52. The van der Waals surface area contributed by atoms with Crippen molar-refractivity contribution in [1.29, 1.82) is 0 Å². The van der Waals surface area contributed by atoms with Gasteiger partial charge in [0.25, 0.3) is 0 Å². The van der Waals surface area contributed by atoms with Crippen LogP contribution < -0.4 is 0 Å². The van der Waals surface area contributed by atoms with Gasteiger partial charge in [-0.1, -0.05) is 25.4 Å². The molecule has 2 nitrogen and oxygen atoms in total. The van der Waals surface area contributed by atoms with Gasteiger partial charge >= 0.3 is 0 Å². The van der Waals surface area contributed by atoms with Crippen LogP contribution in [0.3, 0.4) is 0 Å². The van der Waals surface area contributed by atoms with Crippen molar-refractivity contribution in [1.82, 2.24) is 4.90 Å². The summed E-state index contributed by atoms with van der Waals surface area (Å²) in [7, 11) is 0. The molecule has 2 rings (SSSR count). The molecule has 1 aromatic heterocycles. The third kappa shape index (κ3) is 2.90. The zero-order valence-electron chi connectivity index (χ0n) is 10.5. The Morgan fingerprint density at radius 2 is 2.24 bits per heavy atom. The zero-order chi connectivity index (χ0) is 12.6. The van der Waals surface area contributed by atoms with Crippen LogP contribution in [0.5, 0.6) is 0 Å². The number of ketones is 1. The van der Waals surface area contributed by atoms with E-state index in [0.717, 1.165) is 24.4 Å². The van der Waals surface area contributed by atoms with Gasteiger partial charge < -0.3 is 0 Å². The largest absolute Gasteiger partial charge is 0.293 e. The Morgan fingerprint density at radius 3 is 2.71 bits per heavy atom. The van der Waals surface area contributed by atoms with Gasteiger partial charge in [0.1, 0.15) is 0 Å². The lowest BCUT2D eigenvalue weighted by molar-refractivity contribution is 0.0861. The summed E-state index contributed by atoms with van der Waals surface area (Å²) in [5, 5.41) is 0. The van der Waals surface area contributed by atoms with Gasteiger partial charge in [-0.15, -0.1) is 11.3 Å². The molecule has 0 N–H and O–H groups in total. The number of thiophene rings is 1. The third-order valence-electron chi connectivity index (χ3n) is 3.45. The average Bonchev–Trinajstić information content (AvgIpc) is 2.82. The molecule has 4 heteroatoms. The summed E-state index contributed by atoms with van der Waals surface area (Å²) >= 11 is 7.24. The van der Waals surface area contributed by atoms with E-state index in [-0.39, 0.29) is 11.8 Å². The maximum atomic E-state index is 12.3. The van der Waals surface area contributed by atoms with Gasteiger partial charge in [0.15, 0.2) is 5.78 Å². The summed E-state index contributed by atoms with van der Waals surface area (Å²) in [5.41, 5.74) is 0.335. The third-order valence-corrected chi connectivity index (χ3v) is 4.70. The summed E-state index contributed by atoms with van der Waals surface area (Å²) in [6.07, 6.45) is 1.16. The minimum absolute atomic E-state index is 0.0357. The van der Waals surface area contributed by atoms with E-state index in [9.17, 15) is 4.79 Å². The molecule has 1 saturated heterocycles. The summed E-state index contributed by atoms with van der Waals surface area (Å²) < 4.78 is 0.683. The molecule has 2 heterocycles. The fourth-order valence-corrected chi connectivity index (χ4v) is 3.37. The number of Topliss-reactive ketones (excluding diaryl/α,β-unsaturated/α-hetero) is 1. The van der Waals surface area contributed by atoms with Crippen molar-refractivity contribution >= 4 is 28.7 Å². The highest BCUT2D eigenvalue weighted by atomic mass is 35.5. The van der Waals surface area contributed by atoms with E-state index in [1.807, 2.05) is 13.0 Å². The monoisotopic (exact) mass is 271 g/mol. The molecule has 0 radical (unpaired) electrons. The van der Waals surface area contributed by atoms with Crippen molar-refractivity contribution in [2.45, 2.75) is 33.2 Å². The standard InChI is InChI=1S/C13H18ClNOS/c1-9(15-7-6-13(2,3)8-15)12(16)10-4-5-11(14)17-10/h4-5,9H,6-8H2,1-3H3. The summed E-state index contributed by atoms with van der Waals surface area (Å²) in [4.78, 5) is 15.3. The molecular formula is C13H18ClNOS. The lowest BCUT2D eigenvalue weighted by Gasteiger charge is -2.24. The molecule has 17 heavy (non-hydrogen) atoms. The molecule has 1 aromatic rings. The van der Waals surface area contributed by atoms with Crippen molar-refractivity contribution in [2.24, 2.45) is 5.41 Å². The van der Waals surface area contributed by atoms with Crippen LogP contribution in [0.1, 0.15) is 36.9 Å². The number of likely N-dealkylation sites (tertiary alicyclic amines) is 1. The molecule has 94 valence electrons. The quantitative estimate of drug-likeness (QED) is 0.781. The molecular weight excluding hydrogens is 254 g/mol. The lowest BCUT2D eigenvalue weighted by Crippen LogP contribution is -2.38. The van der Waals surface area contributed by atoms with Crippen LogP contribution in [0.4, 0.5) is 0 Å². The normalized spacial score (nSPS) is 21.6. The van der Waals surface area contributed by atoms with Gasteiger partial charge in [-0.2, -0.15) is 0 Å². The number of hydrogen-bond acceptors (Lipinski definition) is 3. The number of carbonyl (C=O) groups is 1. The second-order valence-corrected chi connectivity index (χ2v) is 7.24. The Labute approximate surface area is 112 Å². The maximum absolute atomic E-state index is 12.3. The lowest BCUT2D eigenvalue weighted by atomic mass is 9.93. The zero-order valence-corrected chi connectivity index (χ0v) is 12.1. The first kappa shape index (κ1) is 13.1. The van der Waals surface area contributed by atoms with E-state index in [1.54, 1.807) is 6.07 Å². The number of halogens is 1. The summed E-state index contributed by atoms with van der Waals surface area (Å²) in [6, 6.07) is 3.58. The van der Waals surface area contributed by atoms with E-state index in [4.69, 9.17) is 11.6 Å². The highest BCUT2D eigenvalue weighted by Gasteiger charge is 2.34. The first-order chi connectivity index (χ1) is 7.89. The van der Waals surface area contributed by atoms with Crippen LogP contribution in [-0.2, 0) is 0 Å². The molecule has 1 atom stereocenters. The minimum Gasteiger partial charge on any atom is -0.293 e. The number of hydrogen-bond donors (Lipinski definition) is 0. The molecule has 0 saturated carbocycles. The Hall–Kier alpha value is -0.380. The van der Waals surface area contributed by atoms with E-state index < -0.39 is 0 Å². The molecule has 1 fully saturated rings. The molecule has 1 aliphatic heterocycles. The Bertz CT molecular complexity index is 427. The van der Waals surface area contributed by atoms with Gasteiger partial charge in [0, 0.05) is 6.54 Å². The van der Waals surface area contributed by atoms with Gasteiger partial charge in [-0.3, -0.25) is 9.69 Å². The van der Waals surface area contributed by atoms with Crippen molar-refractivity contribution in [3.8, 4) is 0 Å². The molecule has 0 amide bonds. The molecule has 0 aliphatic carbocycles. The average molecular weight is 272 g/mol. The first-order valence-corrected chi connectivity index (χ1v) is 7.12. The molecule has 0 aromatic carbocycles. The molecule has 0 spiro atoms. The second-order valence-electron chi connectivity index (χ2n) is 5.53. The van der Waals surface area contributed by atoms with Crippen LogP contribution in [-0.4, -0.2) is 29.8 Å². The Balaban J connectivity index is 2.06. The van der Waals surface area contributed by atoms with Crippen molar-refractivity contribution < 1.29 is 4.79 Å². The van der Waals surface area contributed by atoms with Crippen LogP contribution >= 0.6 is 22.9 Å². The van der Waals surface area contributed by atoms with Crippen molar-refractivity contribution in [3.05, 3.63) is 21.3 Å². The fraction of sp³-hybridized carbons (Fsp3) is 0.615. The molecule has 1 aliphatic rings. The van der Waals surface area contributed by atoms with Crippen LogP contribution in [0.25, 0.3) is 0 Å². The first-order valence-electron chi connectivity index (χ1n) is 5.93. The van der Waals surface area contributed by atoms with E-state index in [1.165, 1.54) is 11.3 Å². The predicted octanol–water partition coefficient (Wildman–Crippen LogP) is 3.70. The Kier molecular flexibility index (Phi) is 3.62. The Morgan fingerprint density at radius 1 is 1.53 bits per heavy atom. The second kappa shape index (κ2) is 4.71. The predicted molar refractivity (Wildman–Crippen MR) is 73.1 cm³/mol. The highest BCUT2D eigenvalue weighted by molar-refractivity contribution is 7.18. The van der Waals surface area contributed by atoms with Crippen molar-refractivity contribution in [2.75, 3.05) is 13.1 Å². The topological polar surface area (TPSA) is 20.3 Å². The van der Waals surface area contributed by atoms with E-state index >= 15 is 0 Å². The van der Waals surface area contributed by atoms with E-state index in [2.05, 4.69) is 18.7 Å². The van der Waals surface area contributed by atoms with E-state index in [0.29, 0.717) is 9.75 Å². The van der Waals surface area contributed by atoms with Crippen LogP contribution in [0.2, 0.25) is 4.34 Å². The SMILES string of the molecule is CC(C(=O)c1ccc(Cl)s1)N1CCC(C)(C)C1. The number of rotatable bonds is 3. The number of carbonyl (C=O) groups excluding carboxylic acids is 1. The smallest absolute Gasteiger partial charge is 0.189 e. The molecule has 1 unspecified atom stereocenters. The van der Waals surface area contributed by atoms with Gasteiger partial charge in [-0.05, 0) is 37.4 Å². The number of nitrogens with zero attached hydrogens (tertiary/aromatic N) is 1. The highest BCUT2D eigenvalue weighted by Crippen LogP contribution is 2.31. The van der Waals surface area contributed by atoms with Gasteiger partial charge in [-0.25, -0.2) is 0 Å². The van der Waals surface area contributed by atoms with Crippen LogP contribution in [0, 0.1) is 5.41 Å². The van der Waals surface area contributed by atoms with Gasteiger partial charge in [0.05, 0.1) is 15.3 Å². The molecule has 0 bridgehead atoms. The summed E-state index contributed by atoms with van der Waals surface area (Å²) in [5.74, 6) is 0.194. The van der Waals surface area contributed by atoms with Gasteiger partial charge in [0.2, 0.25) is 0 Å². The minimum atomic E-state index is -0.0357. The van der Waals surface area contributed by atoms with Crippen LogP contribution in [0.15, 0.2) is 12.1 Å². The van der Waals surface area contributed by atoms with Crippen molar-refractivity contribution in [3.63, 3.8) is 0 Å². The maximum Gasteiger partial charge on any atom is 0.189 e.